The SMILES string of the molecule is Cc1ccc(C)c(N2CC[NH+](C[C@@H]3C(=O)O[C@H]4C[C@]5(C)CCC[C@@H](C)C5=C[C@@H]43)CC2)c1. The fourth-order valence-corrected chi connectivity index (χ4v) is 6.92. The molecule has 1 saturated carbocycles. The second-order valence-corrected chi connectivity index (χ2v) is 11.1. The van der Waals surface area contributed by atoms with Gasteiger partial charge in [0.2, 0.25) is 0 Å². The van der Waals surface area contributed by atoms with Gasteiger partial charge in [0.05, 0.1) is 32.7 Å². The molecule has 1 aromatic rings. The van der Waals surface area contributed by atoms with E-state index in [0.29, 0.717) is 11.8 Å². The largest absolute Gasteiger partial charge is 0.461 e. The van der Waals surface area contributed by atoms with Gasteiger partial charge in [-0.05, 0) is 61.6 Å². The van der Waals surface area contributed by atoms with Crippen LogP contribution in [0.25, 0.3) is 0 Å². The summed E-state index contributed by atoms with van der Waals surface area (Å²) in [6.45, 7) is 14.4. The van der Waals surface area contributed by atoms with Crippen LogP contribution in [-0.4, -0.2) is 44.8 Å². The molecule has 0 bridgehead atoms. The summed E-state index contributed by atoms with van der Waals surface area (Å²) < 4.78 is 5.98. The van der Waals surface area contributed by atoms with Crippen molar-refractivity contribution in [2.45, 2.75) is 59.5 Å². The van der Waals surface area contributed by atoms with E-state index in [0.717, 1.165) is 39.1 Å². The molecule has 31 heavy (non-hydrogen) atoms. The standard InChI is InChI=1S/C27H38N2O2/c1-18-7-8-20(3)24(14-18)29-12-10-28(11-13-29)17-22-21-15-23-19(2)6-5-9-27(23,4)16-25(21)31-26(22)30/h7-8,14-15,19,21-22,25H,5-6,9-13,16-17H2,1-4H3/p+1/t19-,21-,22+,25+,27+/m1/s1. The van der Waals surface area contributed by atoms with E-state index in [-0.39, 0.29) is 23.4 Å². The van der Waals surface area contributed by atoms with Crippen LogP contribution in [0, 0.1) is 37.0 Å². The second-order valence-electron chi connectivity index (χ2n) is 11.1. The molecule has 0 unspecified atom stereocenters. The smallest absolute Gasteiger partial charge is 0.315 e. The topological polar surface area (TPSA) is 34.0 Å². The number of ether oxygens (including phenoxy) is 1. The van der Waals surface area contributed by atoms with Gasteiger partial charge in [0, 0.05) is 11.6 Å². The monoisotopic (exact) mass is 423 g/mol. The molecule has 1 N–H and O–H groups in total. The molecule has 0 radical (unpaired) electrons. The molecule has 168 valence electrons. The van der Waals surface area contributed by atoms with E-state index in [1.165, 1.54) is 36.1 Å². The van der Waals surface area contributed by atoms with Crippen LogP contribution >= 0.6 is 0 Å². The first-order chi connectivity index (χ1) is 14.8. The number of carbonyl (C=O) groups excluding carboxylic acids is 1. The lowest BCUT2D eigenvalue weighted by molar-refractivity contribution is -0.903. The Balaban J connectivity index is 1.27. The van der Waals surface area contributed by atoms with Crippen molar-refractivity contribution in [3.63, 3.8) is 0 Å². The van der Waals surface area contributed by atoms with Crippen LogP contribution in [0.5, 0.6) is 0 Å². The number of benzene rings is 1. The summed E-state index contributed by atoms with van der Waals surface area (Å²) >= 11 is 0. The third-order valence-corrected chi connectivity index (χ3v) is 8.77. The van der Waals surface area contributed by atoms with E-state index in [9.17, 15) is 4.79 Å². The van der Waals surface area contributed by atoms with Crippen molar-refractivity contribution < 1.29 is 14.4 Å². The lowest BCUT2D eigenvalue weighted by Gasteiger charge is -2.46. The Morgan fingerprint density at radius 2 is 2.00 bits per heavy atom. The number of nitrogens with zero attached hydrogens (tertiary/aromatic N) is 1. The summed E-state index contributed by atoms with van der Waals surface area (Å²) in [4.78, 5) is 17.0. The summed E-state index contributed by atoms with van der Waals surface area (Å²) in [5.74, 6) is 1.05. The molecule has 4 nitrogen and oxygen atoms in total. The molecule has 5 atom stereocenters. The zero-order valence-corrected chi connectivity index (χ0v) is 19.7. The van der Waals surface area contributed by atoms with Gasteiger partial charge in [-0.3, -0.25) is 4.79 Å². The Morgan fingerprint density at radius 3 is 2.77 bits per heavy atom. The minimum atomic E-state index is 0.0402. The van der Waals surface area contributed by atoms with Crippen LogP contribution in [0.15, 0.2) is 29.8 Å². The van der Waals surface area contributed by atoms with Gasteiger partial charge in [-0.1, -0.05) is 44.1 Å². The van der Waals surface area contributed by atoms with Crippen LogP contribution in [-0.2, 0) is 9.53 Å². The zero-order chi connectivity index (χ0) is 21.8. The lowest BCUT2D eigenvalue weighted by Crippen LogP contribution is -3.15. The molecule has 2 heterocycles. The second kappa shape index (κ2) is 7.95. The number of allylic oxidation sites excluding steroid dienone is 1. The number of hydrogen-bond donors (Lipinski definition) is 1. The third-order valence-electron chi connectivity index (χ3n) is 8.77. The Hall–Kier alpha value is -1.81. The van der Waals surface area contributed by atoms with E-state index in [4.69, 9.17) is 4.74 Å². The molecule has 0 aromatic heterocycles. The molecule has 5 rings (SSSR count). The first kappa shape index (κ1) is 21.1. The first-order valence-corrected chi connectivity index (χ1v) is 12.4. The van der Waals surface area contributed by atoms with E-state index in [1.54, 1.807) is 10.5 Å². The van der Waals surface area contributed by atoms with Crippen molar-refractivity contribution in [1.82, 2.24) is 0 Å². The molecular weight excluding hydrogens is 384 g/mol. The Bertz CT molecular complexity index is 885. The normalized spacial score (nSPS) is 35.9. The van der Waals surface area contributed by atoms with Crippen molar-refractivity contribution in [3.05, 3.63) is 41.0 Å². The maximum Gasteiger partial charge on any atom is 0.315 e. The molecule has 0 spiro atoms. The number of aryl methyl sites for hydroxylation is 2. The molecule has 4 aliphatic rings. The Morgan fingerprint density at radius 1 is 1.23 bits per heavy atom. The van der Waals surface area contributed by atoms with Crippen LogP contribution in [0.4, 0.5) is 5.69 Å². The van der Waals surface area contributed by atoms with Gasteiger partial charge in [-0.25, -0.2) is 0 Å². The van der Waals surface area contributed by atoms with Crippen LogP contribution in [0.2, 0.25) is 0 Å². The number of anilines is 1. The van der Waals surface area contributed by atoms with Gasteiger partial charge in [0.1, 0.15) is 12.0 Å². The average molecular weight is 424 g/mol. The highest BCUT2D eigenvalue weighted by atomic mass is 16.6. The van der Waals surface area contributed by atoms with Gasteiger partial charge in [0.25, 0.3) is 0 Å². The number of esters is 1. The summed E-state index contributed by atoms with van der Waals surface area (Å²) in [6, 6.07) is 6.74. The molecule has 2 aliphatic heterocycles. The number of quaternary nitrogens is 1. The lowest BCUT2D eigenvalue weighted by atomic mass is 9.59. The highest BCUT2D eigenvalue weighted by molar-refractivity contribution is 5.76. The summed E-state index contributed by atoms with van der Waals surface area (Å²) in [5, 5.41) is 0. The van der Waals surface area contributed by atoms with E-state index < -0.39 is 0 Å². The van der Waals surface area contributed by atoms with Crippen molar-refractivity contribution in [3.8, 4) is 0 Å². The number of rotatable bonds is 3. The number of carbonyl (C=O) groups is 1. The number of piperazine rings is 1. The molecular formula is C27H39N2O2+. The molecule has 4 heteroatoms. The predicted molar refractivity (Wildman–Crippen MR) is 124 cm³/mol. The molecule has 2 saturated heterocycles. The summed E-state index contributed by atoms with van der Waals surface area (Å²) in [6.07, 6.45) is 7.49. The number of hydrogen-bond acceptors (Lipinski definition) is 3. The predicted octanol–water partition coefficient (Wildman–Crippen LogP) is 3.32. The van der Waals surface area contributed by atoms with Crippen LogP contribution in [0.1, 0.15) is 50.7 Å². The molecule has 3 fully saturated rings. The summed E-state index contributed by atoms with van der Waals surface area (Å²) in [5.41, 5.74) is 5.93. The maximum absolute atomic E-state index is 12.9. The van der Waals surface area contributed by atoms with Crippen molar-refractivity contribution in [2.75, 3.05) is 37.6 Å². The van der Waals surface area contributed by atoms with Gasteiger partial charge >= 0.3 is 5.97 Å². The zero-order valence-electron chi connectivity index (χ0n) is 19.7. The molecule has 1 aromatic carbocycles. The van der Waals surface area contributed by atoms with Gasteiger partial charge < -0.3 is 14.5 Å². The minimum absolute atomic E-state index is 0.0402. The molecule has 0 amide bonds. The van der Waals surface area contributed by atoms with Crippen LogP contribution in [0.3, 0.4) is 0 Å². The Labute approximate surface area is 187 Å². The number of nitrogens with one attached hydrogen (secondary N) is 1. The fraction of sp³-hybridized carbons (Fsp3) is 0.667. The average Bonchev–Trinajstić information content (AvgIpc) is 3.02. The number of fused-ring (bicyclic) bond motifs is 2. The van der Waals surface area contributed by atoms with Gasteiger partial charge in [-0.2, -0.15) is 0 Å². The van der Waals surface area contributed by atoms with Crippen molar-refractivity contribution >= 4 is 11.7 Å². The van der Waals surface area contributed by atoms with Crippen molar-refractivity contribution in [2.24, 2.45) is 23.2 Å². The van der Waals surface area contributed by atoms with Crippen LogP contribution < -0.4 is 9.80 Å². The van der Waals surface area contributed by atoms with Gasteiger partial charge in [0.15, 0.2) is 0 Å². The quantitative estimate of drug-likeness (QED) is 0.598. The first-order valence-electron chi connectivity index (χ1n) is 12.4. The Kier molecular flexibility index (Phi) is 5.40. The van der Waals surface area contributed by atoms with E-state index >= 15 is 0 Å². The molecule has 2 aliphatic carbocycles. The third kappa shape index (κ3) is 3.82. The van der Waals surface area contributed by atoms with E-state index in [1.807, 2.05) is 0 Å². The highest BCUT2D eigenvalue weighted by Gasteiger charge is 2.52. The van der Waals surface area contributed by atoms with Crippen molar-refractivity contribution in [1.29, 1.82) is 0 Å². The summed E-state index contributed by atoms with van der Waals surface area (Å²) in [7, 11) is 0. The maximum atomic E-state index is 12.9. The van der Waals surface area contributed by atoms with Gasteiger partial charge in [-0.15, -0.1) is 0 Å². The highest BCUT2D eigenvalue weighted by Crippen LogP contribution is 2.53. The fourth-order valence-electron chi connectivity index (χ4n) is 6.92. The van der Waals surface area contributed by atoms with E-state index in [2.05, 4.69) is 56.9 Å². The minimum Gasteiger partial charge on any atom is -0.461 e.